The first-order chi connectivity index (χ1) is 9.33. The van der Waals surface area contributed by atoms with E-state index in [4.69, 9.17) is 0 Å². The minimum atomic E-state index is -0.222. The second-order valence-electron chi connectivity index (χ2n) is 4.30. The Morgan fingerprint density at radius 1 is 0.842 bits per heavy atom. The van der Waals surface area contributed by atoms with Crippen LogP contribution >= 0.6 is 0 Å². The number of fused-ring (bicyclic) bond motifs is 1. The largest absolute Gasteiger partial charge is 0.256 e. The molecule has 0 spiro atoms. The van der Waals surface area contributed by atoms with E-state index < -0.39 is 0 Å². The molecule has 19 heavy (non-hydrogen) atoms. The molecule has 0 atom stereocenters. The highest BCUT2D eigenvalue weighted by atomic mass is 19.1. The monoisotopic (exact) mass is 249 g/mol. The first-order valence-electron chi connectivity index (χ1n) is 6.10. The molecule has 92 valence electrons. The average molecular weight is 249 g/mol. The molecule has 0 fully saturated rings. The molecule has 1 aromatic heterocycles. The molecule has 2 heteroatoms. The van der Waals surface area contributed by atoms with Gasteiger partial charge in [0.2, 0.25) is 0 Å². The Balaban J connectivity index is 1.99. The smallest absolute Gasteiger partial charge is 0.123 e. The van der Waals surface area contributed by atoms with Gasteiger partial charge in [-0.05, 0) is 35.2 Å². The highest BCUT2D eigenvalue weighted by molar-refractivity contribution is 5.90. The number of nitrogens with zero attached hydrogens (tertiary/aromatic N) is 1. The van der Waals surface area contributed by atoms with Crippen LogP contribution in [0.25, 0.3) is 22.9 Å². The van der Waals surface area contributed by atoms with Gasteiger partial charge in [0, 0.05) is 11.6 Å². The van der Waals surface area contributed by atoms with E-state index in [1.54, 1.807) is 18.3 Å². The minimum Gasteiger partial charge on any atom is -0.256 e. The van der Waals surface area contributed by atoms with E-state index in [2.05, 4.69) is 11.1 Å². The van der Waals surface area contributed by atoms with Crippen LogP contribution in [0.2, 0.25) is 0 Å². The summed E-state index contributed by atoms with van der Waals surface area (Å²) in [6, 6.07) is 16.5. The Labute approximate surface area is 111 Å². The van der Waals surface area contributed by atoms with Crippen LogP contribution in [0.5, 0.6) is 0 Å². The lowest BCUT2D eigenvalue weighted by atomic mass is 10.1. The van der Waals surface area contributed by atoms with Gasteiger partial charge >= 0.3 is 0 Å². The molecule has 0 aliphatic rings. The van der Waals surface area contributed by atoms with Crippen LogP contribution in [0, 0.1) is 5.82 Å². The van der Waals surface area contributed by atoms with Gasteiger partial charge in [-0.2, -0.15) is 0 Å². The maximum atomic E-state index is 12.8. The fourth-order valence-corrected chi connectivity index (χ4v) is 2.02. The van der Waals surface area contributed by atoms with Crippen molar-refractivity contribution in [2.45, 2.75) is 0 Å². The van der Waals surface area contributed by atoms with Crippen LogP contribution in [0.1, 0.15) is 11.3 Å². The standard InChI is InChI=1S/C17H12FN/c18-15-8-5-13(6-9-15)7-10-17-16-4-2-1-3-14(16)11-12-19-17/h1-12H/b10-7+. The molecule has 0 aliphatic carbocycles. The van der Waals surface area contributed by atoms with Crippen molar-refractivity contribution >= 4 is 22.9 Å². The zero-order valence-electron chi connectivity index (χ0n) is 10.3. The summed E-state index contributed by atoms with van der Waals surface area (Å²) in [6.07, 6.45) is 5.69. The normalized spacial score (nSPS) is 11.2. The Hall–Kier alpha value is -2.48. The van der Waals surface area contributed by atoms with Crippen LogP contribution in [-0.2, 0) is 0 Å². The van der Waals surface area contributed by atoms with E-state index >= 15 is 0 Å². The van der Waals surface area contributed by atoms with E-state index in [-0.39, 0.29) is 5.82 Å². The van der Waals surface area contributed by atoms with Crippen molar-refractivity contribution in [3.05, 3.63) is 77.9 Å². The summed E-state index contributed by atoms with van der Waals surface area (Å²) in [5.41, 5.74) is 1.87. The number of pyridine rings is 1. The van der Waals surface area contributed by atoms with E-state index in [9.17, 15) is 4.39 Å². The van der Waals surface area contributed by atoms with Gasteiger partial charge in [0.1, 0.15) is 5.82 Å². The van der Waals surface area contributed by atoms with Crippen molar-refractivity contribution in [2.75, 3.05) is 0 Å². The number of aromatic nitrogens is 1. The third-order valence-electron chi connectivity index (χ3n) is 3.01. The summed E-state index contributed by atoms with van der Waals surface area (Å²) in [4.78, 5) is 4.38. The molecule has 2 aromatic carbocycles. The van der Waals surface area contributed by atoms with Crippen LogP contribution in [-0.4, -0.2) is 4.98 Å². The second-order valence-corrected chi connectivity index (χ2v) is 4.30. The van der Waals surface area contributed by atoms with Crippen LogP contribution in [0.15, 0.2) is 60.8 Å². The lowest BCUT2D eigenvalue weighted by Gasteiger charge is -2.00. The van der Waals surface area contributed by atoms with E-state index in [0.29, 0.717) is 0 Å². The van der Waals surface area contributed by atoms with E-state index in [0.717, 1.165) is 22.0 Å². The molecule has 0 bridgehead atoms. The Morgan fingerprint density at radius 3 is 2.47 bits per heavy atom. The Morgan fingerprint density at radius 2 is 1.63 bits per heavy atom. The zero-order chi connectivity index (χ0) is 13.1. The molecule has 0 unspecified atom stereocenters. The summed E-state index contributed by atoms with van der Waals surface area (Å²) in [5.74, 6) is -0.222. The number of rotatable bonds is 2. The van der Waals surface area contributed by atoms with Crippen molar-refractivity contribution in [2.24, 2.45) is 0 Å². The first kappa shape index (κ1) is 11.6. The lowest BCUT2D eigenvalue weighted by Crippen LogP contribution is -1.83. The predicted octanol–water partition coefficient (Wildman–Crippen LogP) is 4.54. The molecule has 1 nitrogen and oxygen atoms in total. The van der Waals surface area contributed by atoms with Gasteiger partial charge in [-0.1, -0.05) is 42.5 Å². The van der Waals surface area contributed by atoms with Crippen LogP contribution in [0.4, 0.5) is 4.39 Å². The number of hydrogen-bond donors (Lipinski definition) is 0. The minimum absolute atomic E-state index is 0.222. The van der Waals surface area contributed by atoms with Gasteiger partial charge in [-0.15, -0.1) is 0 Å². The molecule has 3 rings (SSSR count). The van der Waals surface area contributed by atoms with Gasteiger partial charge in [0.15, 0.2) is 0 Å². The van der Waals surface area contributed by atoms with E-state index in [1.165, 1.54) is 12.1 Å². The van der Waals surface area contributed by atoms with Crippen molar-refractivity contribution in [1.82, 2.24) is 4.98 Å². The molecule has 1 heterocycles. The van der Waals surface area contributed by atoms with Crippen molar-refractivity contribution in [1.29, 1.82) is 0 Å². The quantitative estimate of drug-likeness (QED) is 0.649. The topological polar surface area (TPSA) is 12.9 Å². The van der Waals surface area contributed by atoms with Gasteiger partial charge in [0.05, 0.1) is 5.69 Å². The fraction of sp³-hybridized carbons (Fsp3) is 0. The average Bonchev–Trinajstić information content (AvgIpc) is 2.47. The third kappa shape index (κ3) is 2.52. The third-order valence-corrected chi connectivity index (χ3v) is 3.01. The van der Waals surface area contributed by atoms with E-state index in [1.807, 2.05) is 36.4 Å². The van der Waals surface area contributed by atoms with Gasteiger partial charge in [0.25, 0.3) is 0 Å². The van der Waals surface area contributed by atoms with Gasteiger partial charge in [-0.3, -0.25) is 4.98 Å². The number of halogens is 1. The van der Waals surface area contributed by atoms with Gasteiger partial charge in [-0.25, -0.2) is 4.39 Å². The molecule has 0 aliphatic heterocycles. The van der Waals surface area contributed by atoms with Crippen LogP contribution in [0.3, 0.4) is 0 Å². The maximum absolute atomic E-state index is 12.8. The first-order valence-corrected chi connectivity index (χ1v) is 6.10. The molecule has 3 aromatic rings. The molecule has 0 saturated heterocycles. The van der Waals surface area contributed by atoms with Crippen molar-refractivity contribution in [3.63, 3.8) is 0 Å². The Bertz CT molecular complexity index is 724. The van der Waals surface area contributed by atoms with Crippen molar-refractivity contribution in [3.8, 4) is 0 Å². The molecular weight excluding hydrogens is 237 g/mol. The summed E-state index contributed by atoms with van der Waals surface area (Å²) in [5, 5.41) is 2.28. The molecular formula is C17H12FN. The predicted molar refractivity (Wildman–Crippen MR) is 77.1 cm³/mol. The Kier molecular flexibility index (Phi) is 3.07. The van der Waals surface area contributed by atoms with Crippen molar-refractivity contribution < 1.29 is 4.39 Å². The molecule has 0 saturated carbocycles. The molecule has 0 amide bonds. The summed E-state index contributed by atoms with van der Waals surface area (Å²) in [6.45, 7) is 0. The molecule has 0 radical (unpaired) electrons. The summed E-state index contributed by atoms with van der Waals surface area (Å²) < 4.78 is 12.8. The summed E-state index contributed by atoms with van der Waals surface area (Å²) in [7, 11) is 0. The van der Waals surface area contributed by atoms with Gasteiger partial charge < -0.3 is 0 Å². The highest BCUT2D eigenvalue weighted by Gasteiger charge is 1.97. The van der Waals surface area contributed by atoms with Crippen LogP contribution < -0.4 is 0 Å². The number of hydrogen-bond acceptors (Lipinski definition) is 1. The zero-order valence-corrected chi connectivity index (χ0v) is 10.3. The number of benzene rings is 2. The molecule has 0 N–H and O–H groups in total. The lowest BCUT2D eigenvalue weighted by molar-refractivity contribution is 0.628. The highest BCUT2D eigenvalue weighted by Crippen LogP contribution is 2.18. The maximum Gasteiger partial charge on any atom is 0.123 e. The SMILES string of the molecule is Fc1ccc(/C=C/c2nccc3ccccc23)cc1. The second kappa shape index (κ2) is 5.02. The fourth-order valence-electron chi connectivity index (χ4n) is 2.02. The summed E-state index contributed by atoms with van der Waals surface area (Å²) >= 11 is 0.